The number of amides is 1. The SMILES string of the molecule is CCCNCCNC(=O)Cc1ccc(C)s1. The zero-order chi connectivity index (χ0) is 11.8. The number of hydrogen-bond acceptors (Lipinski definition) is 3. The van der Waals surface area contributed by atoms with E-state index in [-0.39, 0.29) is 5.91 Å². The maximum Gasteiger partial charge on any atom is 0.225 e. The molecule has 0 atom stereocenters. The van der Waals surface area contributed by atoms with Gasteiger partial charge < -0.3 is 10.6 Å². The molecule has 90 valence electrons. The van der Waals surface area contributed by atoms with E-state index in [1.54, 1.807) is 11.3 Å². The second-order valence-electron chi connectivity index (χ2n) is 3.79. The lowest BCUT2D eigenvalue weighted by Crippen LogP contribution is -2.32. The minimum atomic E-state index is 0.111. The minimum Gasteiger partial charge on any atom is -0.355 e. The van der Waals surface area contributed by atoms with Gasteiger partial charge in [-0.1, -0.05) is 6.92 Å². The average Bonchev–Trinajstić information content (AvgIpc) is 2.63. The first kappa shape index (κ1) is 13.2. The Balaban J connectivity index is 2.11. The van der Waals surface area contributed by atoms with E-state index >= 15 is 0 Å². The van der Waals surface area contributed by atoms with Gasteiger partial charge in [-0.25, -0.2) is 0 Å². The number of thiophene rings is 1. The maximum atomic E-state index is 11.5. The smallest absolute Gasteiger partial charge is 0.225 e. The zero-order valence-corrected chi connectivity index (χ0v) is 10.8. The predicted octanol–water partition coefficient (Wildman–Crippen LogP) is 1.71. The second-order valence-corrected chi connectivity index (χ2v) is 5.16. The van der Waals surface area contributed by atoms with E-state index in [9.17, 15) is 4.79 Å². The van der Waals surface area contributed by atoms with Crippen molar-refractivity contribution < 1.29 is 4.79 Å². The highest BCUT2D eigenvalue weighted by Gasteiger charge is 2.04. The second kappa shape index (κ2) is 7.41. The molecule has 1 aromatic heterocycles. The van der Waals surface area contributed by atoms with E-state index in [1.807, 2.05) is 6.07 Å². The van der Waals surface area contributed by atoms with Gasteiger partial charge >= 0.3 is 0 Å². The van der Waals surface area contributed by atoms with Crippen LogP contribution in [0.5, 0.6) is 0 Å². The lowest BCUT2D eigenvalue weighted by molar-refractivity contribution is -0.120. The van der Waals surface area contributed by atoms with Gasteiger partial charge in [0.05, 0.1) is 6.42 Å². The number of aryl methyl sites for hydroxylation is 1. The van der Waals surface area contributed by atoms with Crippen LogP contribution in [0.2, 0.25) is 0 Å². The van der Waals surface area contributed by atoms with Crippen LogP contribution in [0.4, 0.5) is 0 Å². The van der Waals surface area contributed by atoms with Gasteiger partial charge in [0.2, 0.25) is 5.91 Å². The van der Waals surface area contributed by atoms with E-state index in [4.69, 9.17) is 0 Å². The highest BCUT2D eigenvalue weighted by atomic mass is 32.1. The number of rotatable bonds is 7. The Morgan fingerprint density at radius 3 is 2.75 bits per heavy atom. The van der Waals surface area contributed by atoms with E-state index in [0.717, 1.165) is 24.4 Å². The van der Waals surface area contributed by atoms with Crippen molar-refractivity contribution in [3.8, 4) is 0 Å². The summed E-state index contributed by atoms with van der Waals surface area (Å²) in [5, 5.41) is 6.15. The van der Waals surface area contributed by atoms with Crippen molar-refractivity contribution in [2.24, 2.45) is 0 Å². The molecule has 16 heavy (non-hydrogen) atoms. The van der Waals surface area contributed by atoms with Crippen LogP contribution in [-0.2, 0) is 11.2 Å². The van der Waals surface area contributed by atoms with Gasteiger partial charge in [-0.15, -0.1) is 11.3 Å². The van der Waals surface area contributed by atoms with Crippen LogP contribution < -0.4 is 10.6 Å². The zero-order valence-electron chi connectivity index (χ0n) is 10.0. The molecule has 0 unspecified atom stereocenters. The van der Waals surface area contributed by atoms with Crippen molar-refractivity contribution in [2.45, 2.75) is 26.7 Å². The van der Waals surface area contributed by atoms with Crippen LogP contribution in [0.15, 0.2) is 12.1 Å². The highest BCUT2D eigenvalue weighted by Crippen LogP contribution is 2.15. The summed E-state index contributed by atoms with van der Waals surface area (Å²) in [7, 11) is 0. The number of hydrogen-bond donors (Lipinski definition) is 2. The van der Waals surface area contributed by atoms with Crippen molar-refractivity contribution in [2.75, 3.05) is 19.6 Å². The Labute approximate surface area is 101 Å². The van der Waals surface area contributed by atoms with Gasteiger partial charge in [0.1, 0.15) is 0 Å². The molecule has 0 aliphatic heterocycles. The standard InChI is InChI=1S/C12H20N2OS/c1-3-6-13-7-8-14-12(15)9-11-5-4-10(2)16-11/h4-5,13H,3,6-9H2,1-2H3,(H,14,15). The number of nitrogens with one attached hydrogen (secondary N) is 2. The first-order valence-electron chi connectivity index (χ1n) is 5.75. The Kier molecular flexibility index (Phi) is 6.11. The molecule has 0 aromatic carbocycles. The summed E-state index contributed by atoms with van der Waals surface area (Å²) < 4.78 is 0. The molecule has 0 radical (unpaired) electrons. The van der Waals surface area contributed by atoms with Crippen molar-refractivity contribution in [1.82, 2.24) is 10.6 Å². The summed E-state index contributed by atoms with van der Waals surface area (Å²) in [6, 6.07) is 4.07. The monoisotopic (exact) mass is 240 g/mol. The third kappa shape index (κ3) is 5.28. The molecule has 0 aliphatic rings. The summed E-state index contributed by atoms with van der Waals surface area (Å²) in [4.78, 5) is 13.9. The minimum absolute atomic E-state index is 0.111. The number of carbonyl (C=O) groups is 1. The molecule has 1 amide bonds. The van der Waals surface area contributed by atoms with Gasteiger partial charge in [-0.05, 0) is 32.0 Å². The molecule has 4 heteroatoms. The summed E-state index contributed by atoms with van der Waals surface area (Å²) >= 11 is 1.69. The Bertz CT molecular complexity index is 323. The third-order valence-corrected chi connectivity index (χ3v) is 3.18. The van der Waals surface area contributed by atoms with Gasteiger partial charge in [-0.3, -0.25) is 4.79 Å². The van der Waals surface area contributed by atoms with E-state index in [2.05, 4.69) is 30.5 Å². The van der Waals surface area contributed by atoms with Crippen LogP contribution in [0.3, 0.4) is 0 Å². The van der Waals surface area contributed by atoms with E-state index in [1.165, 1.54) is 4.88 Å². The third-order valence-electron chi connectivity index (χ3n) is 2.18. The van der Waals surface area contributed by atoms with Crippen molar-refractivity contribution in [1.29, 1.82) is 0 Å². The molecular formula is C12H20N2OS. The fourth-order valence-corrected chi connectivity index (χ4v) is 2.28. The molecule has 0 saturated carbocycles. The van der Waals surface area contributed by atoms with Crippen LogP contribution >= 0.6 is 11.3 Å². The molecular weight excluding hydrogens is 220 g/mol. The van der Waals surface area contributed by atoms with Crippen LogP contribution in [0, 0.1) is 6.92 Å². The predicted molar refractivity (Wildman–Crippen MR) is 68.9 cm³/mol. The van der Waals surface area contributed by atoms with Gasteiger partial charge in [0.15, 0.2) is 0 Å². The van der Waals surface area contributed by atoms with Gasteiger partial charge in [-0.2, -0.15) is 0 Å². The molecule has 2 N–H and O–H groups in total. The fourth-order valence-electron chi connectivity index (χ4n) is 1.39. The normalized spacial score (nSPS) is 10.4. The Morgan fingerprint density at radius 2 is 2.12 bits per heavy atom. The Morgan fingerprint density at radius 1 is 1.31 bits per heavy atom. The van der Waals surface area contributed by atoms with Crippen molar-refractivity contribution in [3.05, 3.63) is 21.9 Å². The molecule has 3 nitrogen and oxygen atoms in total. The molecule has 1 aromatic rings. The summed E-state index contributed by atoms with van der Waals surface area (Å²) in [6.07, 6.45) is 1.63. The van der Waals surface area contributed by atoms with Crippen LogP contribution in [-0.4, -0.2) is 25.5 Å². The highest BCUT2D eigenvalue weighted by molar-refractivity contribution is 7.12. The quantitative estimate of drug-likeness (QED) is 0.712. The fraction of sp³-hybridized carbons (Fsp3) is 0.583. The molecule has 0 fully saturated rings. The molecule has 0 saturated heterocycles. The summed E-state index contributed by atoms with van der Waals surface area (Å²) in [5.41, 5.74) is 0. The topological polar surface area (TPSA) is 41.1 Å². The van der Waals surface area contributed by atoms with E-state index < -0.39 is 0 Å². The van der Waals surface area contributed by atoms with Crippen molar-refractivity contribution in [3.63, 3.8) is 0 Å². The Hall–Kier alpha value is -0.870. The maximum absolute atomic E-state index is 11.5. The van der Waals surface area contributed by atoms with Crippen LogP contribution in [0.1, 0.15) is 23.1 Å². The average molecular weight is 240 g/mol. The molecule has 1 rings (SSSR count). The number of carbonyl (C=O) groups excluding carboxylic acids is 1. The lowest BCUT2D eigenvalue weighted by atomic mass is 10.3. The first-order chi connectivity index (χ1) is 7.72. The van der Waals surface area contributed by atoms with Crippen LogP contribution in [0.25, 0.3) is 0 Å². The largest absolute Gasteiger partial charge is 0.355 e. The summed E-state index contributed by atoms with van der Waals surface area (Å²) in [5.74, 6) is 0.111. The molecule has 1 heterocycles. The van der Waals surface area contributed by atoms with Gasteiger partial charge in [0.25, 0.3) is 0 Å². The molecule has 0 aliphatic carbocycles. The van der Waals surface area contributed by atoms with E-state index in [0.29, 0.717) is 13.0 Å². The van der Waals surface area contributed by atoms with Gasteiger partial charge in [0, 0.05) is 22.8 Å². The first-order valence-corrected chi connectivity index (χ1v) is 6.56. The molecule has 0 bridgehead atoms. The summed E-state index contributed by atoms with van der Waals surface area (Å²) in [6.45, 7) is 6.76. The lowest BCUT2D eigenvalue weighted by Gasteiger charge is -2.05. The van der Waals surface area contributed by atoms with Crippen molar-refractivity contribution >= 4 is 17.2 Å². The molecule has 0 spiro atoms.